The van der Waals surface area contributed by atoms with Crippen LogP contribution >= 0.6 is 0 Å². The number of carboxylic acids is 1. The van der Waals surface area contributed by atoms with Gasteiger partial charge in [0.05, 0.1) is 6.04 Å². The number of rotatable bonds is 10. The summed E-state index contributed by atoms with van der Waals surface area (Å²) in [5, 5.41) is 16.7. The highest BCUT2D eigenvalue weighted by Crippen LogP contribution is 2.04. The lowest BCUT2D eigenvalue weighted by Gasteiger charge is -2.22. The molecule has 1 rings (SSSR count). The third kappa shape index (κ3) is 7.90. The van der Waals surface area contributed by atoms with Gasteiger partial charge in [-0.25, -0.2) is 4.79 Å². The molecule has 29 heavy (non-hydrogen) atoms. The number of carboxylic acid groups (broad SMARTS) is 1. The molecule has 0 radical (unpaired) electrons. The van der Waals surface area contributed by atoms with E-state index in [1.807, 2.05) is 6.07 Å². The molecule has 9 heteroatoms. The summed E-state index contributed by atoms with van der Waals surface area (Å²) in [7, 11) is 0. The van der Waals surface area contributed by atoms with E-state index in [1.165, 1.54) is 13.8 Å². The average Bonchev–Trinajstić information content (AvgIpc) is 2.66. The number of carbonyl (C=O) groups is 4. The van der Waals surface area contributed by atoms with E-state index in [2.05, 4.69) is 16.0 Å². The van der Waals surface area contributed by atoms with Crippen molar-refractivity contribution in [2.24, 2.45) is 11.7 Å². The zero-order chi connectivity index (χ0) is 22.1. The van der Waals surface area contributed by atoms with Crippen LogP contribution in [0.5, 0.6) is 0 Å². The van der Waals surface area contributed by atoms with Crippen molar-refractivity contribution < 1.29 is 24.3 Å². The van der Waals surface area contributed by atoms with Gasteiger partial charge in [0.25, 0.3) is 0 Å². The van der Waals surface area contributed by atoms with Crippen LogP contribution in [0.2, 0.25) is 0 Å². The highest BCUT2D eigenvalue weighted by Gasteiger charge is 2.27. The van der Waals surface area contributed by atoms with Gasteiger partial charge in [-0.3, -0.25) is 14.4 Å². The quantitative estimate of drug-likeness (QED) is 0.363. The Labute approximate surface area is 170 Å². The smallest absolute Gasteiger partial charge is 0.326 e. The third-order valence-electron chi connectivity index (χ3n) is 4.42. The van der Waals surface area contributed by atoms with Crippen molar-refractivity contribution in [3.63, 3.8) is 0 Å². The van der Waals surface area contributed by atoms with Crippen LogP contribution in [-0.2, 0) is 25.6 Å². The number of carbonyl (C=O) groups excluding carboxylic acids is 3. The van der Waals surface area contributed by atoms with Crippen molar-refractivity contribution in [2.75, 3.05) is 0 Å². The van der Waals surface area contributed by atoms with Crippen LogP contribution in [0.4, 0.5) is 0 Å². The Hall–Kier alpha value is -2.94. The molecule has 0 saturated heterocycles. The summed E-state index contributed by atoms with van der Waals surface area (Å²) in [5.41, 5.74) is 6.50. The van der Waals surface area contributed by atoms with Crippen molar-refractivity contribution in [1.29, 1.82) is 0 Å². The lowest BCUT2D eigenvalue weighted by Crippen LogP contribution is -2.56. The molecule has 0 saturated carbocycles. The van der Waals surface area contributed by atoms with E-state index in [9.17, 15) is 24.3 Å². The summed E-state index contributed by atoms with van der Waals surface area (Å²) in [6.45, 7) is 6.48. The zero-order valence-corrected chi connectivity index (χ0v) is 17.1. The summed E-state index contributed by atoms with van der Waals surface area (Å²) in [6.07, 6.45) is 0.113. The van der Waals surface area contributed by atoms with Crippen molar-refractivity contribution in [2.45, 2.75) is 58.3 Å². The predicted molar refractivity (Wildman–Crippen MR) is 108 cm³/mol. The number of amides is 3. The first-order chi connectivity index (χ1) is 13.5. The van der Waals surface area contributed by atoms with Gasteiger partial charge in [-0.1, -0.05) is 44.2 Å². The molecule has 1 aromatic rings. The molecule has 0 aliphatic rings. The Morgan fingerprint density at radius 1 is 0.862 bits per heavy atom. The molecule has 160 valence electrons. The first kappa shape index (κ1) is 24.1. The molecule has 0 aromatic heterocycles. The second-order valence-corrected chi connectivity index (χ2v) is 7.32. The van der Waals surface area contributed by atoms with Crippen molar-refractivity contribution in [3.05, 3.63) is 35.9 Å². The zero-order valence-electron chi connectivity index (χ0n) is 17.1. The molecule has 4 atom stereocenters. The predicted octanol–water partition coefficient (Wildman–Crippen LogP) is -0.209. The van der Waals surface area contributed by atoms with Crippen LogP contribution < -0.4 is 21.7 Å². The average molecular weight is 406 g/mol. The molecule has 0 heterocycles. The minimum absolute atomic E-state index is 0.0903. The first-order valence-corrected chi connectivity index (χ1v) is 9.46. The van der Waals surface area contributed by atoms with Crippen molar-refractivity contribution in [1.82, 2.24) is 16.0 Å². The summed E-state index contributed by atoms with van der Waals surface area (Å²) >= 11 is 0. The highest BCUT2D eigenvalue weighted by molar-refractivity contribution is 5.93. The Bertz CT molecular complexity index is 723. The highest BCUT2D eigenvalue weighted by atomic mass is 16.4. The molecule has 0 aliphatic carbocycles. The molecule has 3 amide bonds. The fourth-order valence-electron chi connectivity index (χ4n) is 2.43. The molecule has 6 N–H and O–H groups in total. The molecule has 0 bridgehead atoms. The third-order valence-corrected chi connectivity index (χ3v) is 4.42. The van der Waals surface area contributed by atoms with E-state index in [0.717, 1.165) is 5.56 Å². The topological polar surface area (TPSA) is 151 Å². The number of nitrogens with one attached hydrogen (secondary N) is 3. The minimum atomic E-state index is -1.18. The largest absolute Gasteiger partial charge is 0.480 e. The molecule has 4 unspecified atom stereocenters. The maximum absolute atomic E-state index is 12.3. The van der Waals surface area contributed by atoms with Crippen LogP contribution in [0.1, 0.15) is 33.3 Å². The van der Waals surface area contributed by atoms with Crippen molar-refractivity contribution >= 4 is 23.7 Å². The summed E-state index contributed by atoms with van der Waals surface area (Å²) < 4.78 is 0. The lowest BCUT2D eigenvalue weighted by molar-refractivity contribution is -0.142. The van der Waals surface area contributed by atoms with Gasteiger partial charge in [-0.15, -0.1) is 0 Å². The lowest BCUT2D eigenvalue weighted by atomic mass is 10.0. The van der Waals surface area contributed by atoms with Gasteiger partial charge >= 0.3 is 5.97 Å². The number of hydrogen-bond donors (Lipinski definition) is 5. The monoisotopic (exact) mass is 406 g/mol. The molecule has 9 nitrogen and oxygen atoms in total. The number of benzene rings is 1. The number of hydrogen-bond acceptors (Lipinski definition) is 5. The maximum atomic E-state index is 12.3. The fourth-order valence-corrected chi connectivity index (χ4v) is 2.43. The Balaban J connectivity index is 2.61. The Kier molecular flexibility index (Phi) is 9.27. The minimum Gasteiger partial charge on any atom is -0.480 e. The van der Waals surface area contributed by atoms with E-state index in [0.29, 0.717) is 0 Å². The van der Waals surface area contributed by atoms with Crippen molar-refractivity contribution in [3.8, 4) is 0 Å². The van der Waals surface area contributed by atoms with Gasteiger partial charge in [0.1, 0.15) is 18.1 Å². The number of nitrogens with two attached hydrogens (primary N) is 1. The molecular formula is C20H30N4O5. The van der Waals surface area contributed by atoms with Crippen LogP contribution in [0, 0.1) is 5.92 Å². The van der Waals surface area contributed by atoms with E-state index >= 15 is 0 Å². The van der Waals surface area contributed by atoms with Gasteiger partial charge in [0, 0.05) is 6.42 Å². The Morgan fingerprint density at radius 2 is 1.34 bits per heavy atom. The molecule has 0 aliphatic heterocycles. The van der Waals surface area contributed by atoms with Gasteiger partial charge in [-0.2, -0.15) is 0 Å². The van der Waals surface area contributed by atoms with Gasteiger partial charge in [0.15, 0.2) is 0 Å². The fraction of sp³-hybridized carbons (Fsp3) is 0.500. The standard InChI is InChI=1S/C20H30N4O5/c1-11(2)16(21)19(27)23-12(3)17(25)22-13(4)18(26)24-15(20(28)29)10-14-8-6-5-7-9-14/h5-9,11-13,15-16H,10,21H2,1-4H3,(H,22,25)(H,23,27)(H,24,26)(H,28,29). The second-order valence-electron chi connectivity index (χ2n) is 7.32. The number of aliphatic carboxylic acids is 1. The van der Waals surface area contributed by atoms with Crippen LogP contribution in [0.25, 0.3) is 0 Å². The Morgan fingerprint density at radius 3 is 1.83 bits per heavy atom. The van der Waals surface area contributed by atoms with E-state index in [4.69, 9.17) is 5.73 Å². The van der Waals surface area contributed by atoms with Crippen LogP contribution in [0.15, 0.2) is 30.3 Å². The molecular weight excluding hydrogens is 376 g/mol. The molecule has 0 spiro atoms. The molecule has 1 aromatic carbocycles. The van der Waals surface area contributed by atoms with E-state index in [-0.39, 0.29) is 12.3 Å². The van der Waals surface area contributed by atoms with Gasteiger partial charge in [0.2, 0.25) is 17.7 Å². The summed E-state index contributed by atoms with van der Waals surface area (Å²) in [6, 6.07) is 5.12. The van der Waals surface area contributed by atoms with Crippen LogP contribution in [0.3, 0.4) is 0 Å². The van der Waals surface area contributed by atoms with E-state index in [1.54, 1.807) is 38.1 Å². The summed E-state index contributed by atoms with van der Waals surface area (Å²) in [4.78, 5) is 48.0. The normalized spacial score (nSPS) is 15.0. The molecule has 0 fully saturated rings. The summed E-state index contributed by atoms with van der Waals surface area (Å²) in [5.74, 6) is -2.95. The van der Waals surface area contributed by atoms with Gasteiger partial charge < -0.3 is 26.8 Å². The van der Waals surface area contributed by atoms with Gasteiger partial charge in [-0.05, 0) is 25.3 Å². The van der Waals surface area contributed by atoms with E-state index < -0.39 is 47.9 Å². The van der Waals surface area contributed by atoms with Crippen LogP contribution in [-0.4, -0.2) is 53.0 Å². The maximum Gasteiger partial charge on any atom is 0.326 e. The SMILES string of the molecule is CC(NC(=O)C(C)NC(=O)C(N)C(C)C)C(=O)NC(Cc1ccccc1)C(=O)O. The second kappa shape index (κ2) is 11.2. The first-order valence-electron chi connectivity index (χ1n) is 9.46.